The van der Waals surface area contributed by atoms with E-state index in [1.165, 1.54) is 0 Å². The number of likely N-dealkylation sites (tertiary alicyclic amines) is 1. The van der Waals surface area contributed by atoms with Crippen LogP contribution in [0, 0.1) is 11.6 Å². The van der Waals surface area contributed by atoms with Crippen molar-refractivity contribution < 1.29 is 17.9 Å². The van der Waals surface area contributed by atoms with Crippen LogP contribution < -0.4 is 4.74 Å². The van der Waals surface area contributed by atoms with Crippen LogP contribution in [0.15, 0.2) is 16.6 Å². The highest BCUT2D eigenvalue weighted by molar-refractivity contribution is 9.10. The molecule has 0 aromatic heterocycles. The van der Waals surface area contributed by atoms with Gasteiger partial charge in [-0.3, -0.25) is 9.29 Å². The minimum Gasteiger partial charge on any atom is -0.488 e. The molecule has 1 aromatic carbocycles. The van der Waals surface area contributed by atoms with Crippen molar-refractivity contribution in [1.29, 1.82) is 0 Å². The molecule has 0 bridgehead atoms. The third-order valence-electron chi connectivity index (χ3n) is 2.79. The van der Waals surface area contributed by atoms with E-state index in [0.29, 0.717) is 26.1 Å². The molecule has 0 N–H and O–H groups in total. The third kappa shape index (κ3) is 3.17. The van der Waals surface area contributed by atoms with E-state index in [4.69, 9.17) is 4.74 Å². The third-order valence-corrected chi connectivity index (χ3v) is 3.55. The molecule has 6 heteroatoms. The molecule has 2 rings (SSSR count). The second-order valence-electron chi connectivity index (χ2n) is 4.24. The van der Waals surface area contributed by atoms with E-state index in [1.807, 2.05) is 4.90 Å². The maximum absolute atomic E-state index is 13.2. The van der Waals surface area contributed by atoms with E-state index in [1.54, 1.807) is 0 Å². The molecule has 0 atom stereocenters. The van der Waals surface area contributed by atoms with E-state index in [-0.39, 0.29) is 23.0 Å². The average Bonchev–Trinajstić information content (AvgIpc) is 2.28. The molecule has 1 fully saturated rings. The molecular weight excluding hydrogens is 311 g/mol. The Hall–Kier alpha value is -0.750. The van der Waals surface area contributed by atoms with Gasteiger partial charge in [0.1, 0.15) is 23.5 Å². The summed E-state index contributed by atoms with van der Waals surface area (Å²) < 4.78 is 43.7. The second-order valence-corrected chi connectivity index (χ2v) is 5.04. The molecule has 0 amide bonds. The first-order chi connectivity index (χ1) is 8.60. The lowest BCUT2D eigenvalue weighted by Gasteiger charge is -2.38. The van der Waals surface area contributed by atoms with Crippen molar-refractivity contribution >= 4 is 15.9 Å². The first-order valence-electron chi connectivity index (χ1n) is 5.69. The number of alkyl halides is 1. The van der Waals surface area contributed by atoms with Crippen LogP contribution in [0.4, 0.5) is 13.2 Å². The molecule has 1 aliphatic heterocycles. The lowest BCUT2D eigenvalue weighted by Crippen LogP contribution is -2.53. The Morgan fingerprint density at radius 2 is 1.89 bits per heavy atom. The quantitative estimate of drug-likeness (QED) is 0.772. The summed E-state index contributed by atoms with van der Waals surface area (Å²) in [4.78, 5) is 2.04. The molecular formula is C12H13BrF3NO. The highest BCUT2D eigenvalue weighted by atomic mass is 79.9. The van der Waals surface area contributed by atoms with Gasteiger partial charge in [0.15, 0.2) is 0 Å². The summed E-state index contributed by atoms with van der Waals surface area (Å²) in [6, 6.07) is 2.30. The van der Waals surface area contributed by atoms with Crippen LogP contribution in [0.3, 0.4) is 0 Å². The molecule has 1 heterocycles. The lowest BCUT2D eigenvalue weighted by atomic mass is 10.1. The van der Waals surface area contributed by atoms with Gasteiger partial charge in [-0.1, -0.05) is 0 Å². The van der Waals surface area contributed by atoms with E-state index >= 15 is 0 Å². The van der Waals surface area contributed by atoms with Gasteiger partial charge < -0.3 is 4.74 Å². The van der Waals surface area contributed by atoms with Crippen LogP contribution in [-0.2, 0) is 0 Å². The fourth-order valence-electron chi connectivity index (χ4n) is 1.86. The molecule has 100 valence electrons. The monoisotopic (exact) mass is 323 g/mol. The van der Waals surface area contributed by atoms with Crippen LogP contribution in [0.2, 0.25) is 0 Å². The zero-order chi connectivity index (χ0) is 13.1. The van der Waals surface area contributed by atoms with E-state index in [0.717, 1.165) is 12.1 Å². The minimum atomic E-state index is -0.682. The maximum Gasteiger partial charge on any atom is 0.144 e. The molecule has 0 aliphatic carbocycles. The van der Waals surface area contributed by atoms with E-state index in [9.17, 15) is 13.2 Å². The van der Waals surface area contributed by atoms with Crippen LogP contribution >= 0.6 is 15.9 Å². The smallest absolute Gasteiger partial charge is 0.144 e. The lowest BCUT2D eigenvalue weighted by molar-refractivity contribution is 0.0181. The Balaban J connectivity index is 1.85. The van der Waals surface area contributed by atoms with Gasteiger partial charge in [-0.25, -0.2) is 8.78 Å². The summed E-state index contributed by atoms with van der Waals surface area (Å²) in [5.41, 5.74) is 0. The number of benzene rings is 1. The maximum atomic E-state index is 13.2. The summed E-state index contributed by atoms with van der Waals surface area (Å²) >= 11 is 2.80. The predicted molar refractivity (Wildman–Crippen MR) is 65.5 cm³/mol. The fraction of sp³-hybridized carbons (Fsp3) is 0.500. The number of hydrogen-bond acceptors (Lipinski definition) is 2. The van der Waals surface area contributed by atoms with E-state index in [2.05, 4.69) is 15.9 Å². The standard InChI is InChI=1S/C12H13BrF3NO/c13-12-10(15)4-8(5-11(12)16)18-9-6-17(7-9)3-1-2-14/h4-5,9H,1-3,6-7H2. The van der Waals surface area contributed by atoms with Crippen molar-refractivity contribution in [1.82, 2.24) is 4.90 Å². The van der Waals surface area contributed by atoms with Gasteiger partial charge in [0.25, 0.3) is 0 Å². The van der Waals surface area contributed by atoms with Gasteiger partial charge in [0.05, 0.1) is 11.1 Å². The zero-order valence-electron chi connectivity index (χ0n) is 9.63. The number of hydrogen-bond donors (Lipinski definition) is 0. The Kier molecular flexibility index (Phi) is 4.50. The molecule has 1 aliphatic rings. The largest absolute Gasteiger partial charge is 0.488 e. The summed E-state index contributed by atoms with van der Waals surface area (Å²) in [7, 11) is 0. The molecule has 18 heavy (non-hydrogen) atoms. The highest BCUT2D eigenvalue weighted by Crippen LogP contribution is 2.26. The summed E-state index contributed by atoms with van der Waals surface area (Å²) in [6.07, 6.45) is 0.429. The summed E-state index contributed by atoms with van der Waals surface area (Å²) in [6.45, 7) is 1.70. The van der Waals surface area contributed by atoms with Crippen LogP contribution in [-0.4, -0.2) is 37.3 Å². The van der Waals surface area contributed by atoms with Gasteiger partial charge >= 0.3 is 0 Å². The molecule has 0 saturated carbocycles. The SMILES string of the molecule is FCCCN1CC(Oc2cc(F)c(Br)c(F)c2)C1. The highest BCUT2D eigenvalue weighted by Gasteiger charge is 2.28. The predicted octanol–water partition coefficient (Wildman–Crippen LogP) is 3.15. The van der Waals surface area contributed by atoms with Crippen molar-refractivity contribution in [2.75, 3.05) is 26.3 Å². The minimum absolute atomic E-state index is 0.0791. The number of nitrogens with zero attached hydrogens (tertiary/aromatic N) is 1. The van der Waals surface area contributed by atoms with Crippen LogP contribution in [0.1, 0.15) is 6.42 Å². The summed E-state index contributed by atoms with van der Waals surface area (Å²) in [5.74, 6) is -1.18. The molecule has 1 saturated heterocycles. The van der Waals surface area contributed by atoms with Gasteiger partial charge in [-0.2, -0.15) is 0 Å². The Labute approximate surface area is 112 Å². The molecule has 0 unspecified atom stereocenters. The van der Waals surface area contributed by atoms with Crippen molar-refractivity contribution in [3.63, 3.8) is 0 Å². The summed E-state index contributed by atoms with van der Waals surface area (Å²) in [5, 5.41) is 0. The second kappa shape index (κ2) is 5.93. The van der Waals surface area contributed by atoms with Crippen LogP contribution in [0.25, 0.3) is 0 Å². The van der Waals surface area contributed by atoms with Crippen molar-refractivity contribution in [2.45, 2.75) is 12.5 Å². The molecule has 0 radical (unpaired) electrons. The number of rotatable bonds is 5. The van der Waals surface area contributed by atoms with Crippen molar-refractivity contribution in [3.8, 4) is 5.75 Å². The first-order valence-corrected chi connectivity index (χ1v) is 6.49. The average molecular weight is 324 g/mol. The number of halogens is 4. The fourth-order valence-corrected chi connectivity index (χ4v) is 2.08. The molecule has 2 nitrogen and oxygen atoms in total. The number of ether oxygens (including phenoxy) is 1. The topological polar surface area (TPSA) is 12.5 Å². The van der Waals surface area contributed by atoms with Gasteiger partial charge in [0, 0.05) is 31.8 Å². The van der Waals surface area contributed by atoms with E-state index < -0.39 is 11.6 Å². The Morgan fingerprint density at radius 3 is 2.44 bits per heavy atom. The Bertz CT molecular complexity index is 401. The Morgan fingerprint density at radius 1 is 1.28 bits per heavy atom. The first kappa shape index (κ1) is 13.7. The van der Waals surface area contributed by atoms with Crippen molar-refractivity contribution in [3.05, 3.63) is 28.2 Å². The molecule has 1 aromatic rings. The normalized spacial score (nSPS) is 16.7. The van der Waals surface area contributed by atoms with Gasteiger partial charge in [0.2, 0.25) is 0 Å². The van der Waals surface area contributed by atoms with Crippen molar-refractivity contribution in [2.24, 2.45) is 0 Å². The van der Waals surface area contributed by atoms with Gasteiger partial charge in [-0.15, -0.1) is 0 Å². The van der Waals surface area contributed by atoms with Crippen LogP contribution in [0.5, 0.6) is 5.75 Å². The molecule has 0 spiro atoms. The zero-order valence-corrected chi connectivity index (χ0v) is 11.2. The van der Waals surface area contributed by atoms with Gasteiger partial charge in [-0.05, 0) is 22.4 Å².